The summed E-state index contributed by atoms with van der Waals surface area (Å²) >= 11 is 0. The molecule has 0 saturated carbocycles. The Balaban J connectivity index is 1.13. The molecule has 2 N–H and O–H groups in total. The van der Waals surface area contributed by atoms with E-state index in [4.69, 9.17) is 9.47 Å². The third kappa shape index (κ3) is 10.0. The number of para-hydroxylation sites is 4. The molecule has 4 aromatic carbocycles. The van der Waals surface area contributed by atoms with Gasteiger partial charge in [0.05, 0.1) is 11.4 Å². The van der Waals surface area contributed by atoms with Gasteiger partial charge in [-0.15, -0.1) is 10.2 Å². The van der Waals surface area contributed by atoms with E-state index in [1.807, 2.05) is 88.4 Å². The number of hydrogen-bond donors (Lipinski definition) is 2. The topological polar surface area (TPSA) is 200 Å². The Hall–Kier alpha value is -7.69. The third-order valence-electron chi connectivity index (χ3n) is 12.8. The number of anilines is 2. The molecule has 4 heterocycles. The van der Waals surface area contributed by atoms with Gasteiger partial charge in [0.1, 0.15) is 54.2 Å². The van der Waals surface area contributed by atoms with Crippen LogP contribution >= 0.6 is 0 Å². The Bertz CT molecular complexity index is 2570. The lowest BCUT2D eigenvalue weighted by Gasteiger charge is -2.38. The van der Waals surface area contributed by atoms with Gasteiger partial charge in [-0.1, -0.05) is 113 Å². The van der Waals surface area contributed by atoms with Crippen LogP contribution in [0.15, 0.2) is 109 Å². The molecule has 17 heteroatoms. The molecule has 6 aromatic rings. The third-order valence-corrected chi connectivity index (χ3v) is 12.8. The number of nitrogens with one attached hydrogen (secondary N) is 2. The summed E-state index contributed by atoms with van der Waals surface area (Å²) in [6.45, 7) is 6.66. The van der Waals surface area contributed by atoms with Gasteiger partial charge in [0.2, 0.25) is 11.6 Å². The number of nitrogens with zero attached hydrogens (tertiary/aromatic N) is 8. The van der Waals surface area contributed by atoms with Gasteiger partial charge in [-0.25, -0.2) is 9.97 Å². The minimum absolute atomic E-state index is 0.171. The maximum Gasteiger partial charge on any atom is 0.294 e. The van der Waals surface area contributed by atoms with Crippen LogP contribution in [0.3, 0.4) is 0 Å². The van der Waals surface area contributed by atoms with Crippen LogP contribution in [0.1, 0.15) is 71.7 Å². The predicted octanol–water partition coefficient (Wildman–Crippen LogP) is 5.65. The Kier molecular flexibility index (Phi) is 14.1. The molecular weight excluding hydrogens is 865 g/mol. The molecule has 0 spiro atoms. The first-order valence-corrected chi connectivity index (χ1v) is 22.8. The van der Waals surface area contributed by atoms with Gasteiger partial charge in [-0.05, 0) is 47.2 Å². The first-order chi connectivity index (χ1) is 32.8. The highest BCUT2D eigenvalue weighted by Gasteiger charge is 2.45. The van der Waals surface area contributed by atoms with Crippen LogP contribution in [0.4, 0.5) is 11.4 Å². The lowest BCUT2D eigenvalue weighted by atomic mass is 9.79. The highest BCUT2D eigenvalue weighted by atomic mass is 16.5. The molecule has 2 unspecified atom stereocenters. The summed E-state index contributed by atoms with van der Waals surface area (Å²) in [7, 11) is 3.24. The highest BCUT2D eigenvalue weighted by Crippen LogP contribution is 2.34. The van der Waals surface area contributed by atoms with Crippen molar-refractivity contribution in [1.82, 2.24) is 40.2 Å². The van der Waals surface area contributed by atoms with Gasteiger partial charge in [0.15, 0.2) is 0 Å². The summed E-state index contributed by atoms with van der Waals surface area (Å²) in [5, 5.41) is 14.4. The van der Waals surface area contributed by atoms with E-state index in [0.717, 1.165) is 11.1 Å². The van der Waals surface area contributed by atoms with E-state index in [9.17, 15) is 19.2 Å². The molecule has 0 fully saturated rings. The first kappa shape index (κ1) is 46.8. The van der Waals surface area contributed by atoms with E-state index >= 15 is 4.79 Å². The van der Waals surface area contributed by atoms with Gasteiger partial charge < -0.3 is 29.1 Å². The second-order valence-corrected chi connectivity index (χ2v) is 17.9. The van der Waals surface area contributed by atoms with E-state index in [2.05, 4.69) is 30.4 Å². The quantitative estimate of drug-likeness (QED) is 0.122. The number of H-pyrrole nitrogens is 2. The Labute approximate surface area is 394 Å². The normalized spacial score (nSPS) is 16.8. The van der Waals surface area contributed by atoms with Crippen molar-refractivity contribution in [3.63, 3.8) is 0 Å². The van der Waals surface area contributed by atoms with Gasteiger partial charge in [0.25, 0.3) is 23.6 Å². The molecule has 0 aliphatic carbocycles. The zero-order chi connectivity index (χ0) is 48.1. The number of Topliss-reactive ketones (excluding diaryl/α,β-unsaturated/α-hetero) is 1. The van der Waals surface area contributed by atoms with E-state index in [1.54, 1.807) is 62.6 Å². The molecule has 352 valence electrons. The minimum atomic E-state index is -1.19. The summed E-state index contributed by atoms with van der Waals surface area (Å²) in [4.78, 5) is 89.0. The molecule has 4 atom stereocenters. The minimum Gasteiger partial charge on any atom is -0.489 e. The van der Waals surface area contributed by atoms with Crippen molar-refractivity contribution >= 4 is 40.8 Å². The number of ketones is 1. The Morgan fingerprint density at radius 2 is 0.956 bits per heavy atom. The molecule has 17 nitrogen and oxygen atoms in total. The van der Waals surface area contributed by atoms with E-state index < -0.39 is 47.5 Å². The maximum absolute atomic E-state index is 15.5. The van der Waals surface area contributed by atoms with Crippen LogP contribution in [0.5, 0.6) is 11.5 Å². The van der Waals surface area contributed by atoms with Gasteiger partial charge >= 0.3 is 0 Å². The van der Waals surface area contributed by atoms with E-state index in [-0.39, 0.29) is 55.6 Å². The number of fused-ring (bicyclic) bond motifs is 2. The highest BCUT2D eigenvalue weighted by molar-refractivity contribution is 6.04. The van der Waals surface area contributed by atoms with Crippen LogP contribution < -0.4 is 19.3 Å². The number of ether oxygens (including phenoxy) is 2. The fourth-order valence-electron chi connectivity index (χ4n) is 8.76. The van der Waals surface area contributed by atoms with Crippen molar-refractivity contribution < 1.29 is 33.4 Å². The monoisotopic (exact) mass is 920 g/mol. The molecular formula is C51H56N10O7. The maximum atomic E-state index is 15.5. The Morgan fingerprint density at radius 3 is 1.34 bits per heavy atom. The molecule has 8 rings (SSSR count). The summed E-state index contributed by atoms with van der Waals surface area (Å²) < 4.78 is 12.4. The number of aromatic nitrogens is 6. The van der Waals surface area contributed by atoms with Crippen molar-refractivity contribution in [2.75, 3.05) is 50.2 Å². The molecule has 0 radical (unpaired) electrons. The zero-order valence-electron chi connectivity index (χ0n) is 39.0. The lowest BCUT2D eigenvalue weighted by molar-refractivity contribution is -0.133. The summed E-state index contributed by atoms with van der Waals surface area (Å²) in [5.41, 5.74) is 2.96. The van der Waals surface area contributed by atoms with Crippen molar-refractivity contribution in [2.45, 2.75) is 52.6 Å². The smallest absolute Gasteiger partial charge is 0.294 e. The van der Waals surface area contributed by atoms with Crippen molar-refractivity contribution in [3.05, 3.63) is 144 Å². The number of aromatic amines is 2. The summed E-state index contributed by atoms with van der Waals surface area (Å²) in [5.74, 6) is -3.52. The second kappa shape index (κ2) is 20.4. The van der Waals surface area contributed by atoms with Crippen molar-refractivity contribution in [1.29, 1.82) is 0 Å². The number of carbonyl (C=O) groups excluding carboxylic acids is 5. The first-order valence-electron chi connectivity index (χ1n) is 22.8. The van der Waals surface area contributed by atoms with Gasteiger partial charge in [-0.3, -0.25) is 34.2 Å². The van der Waals surface area contributed by atoms with Crippen LogP contribution in [-0.4, -0.2) is 122 Å². The van der Waals surface area contributed by atoms with Crippen LogP contribution in [0.2, 0.25) is 0 Å². The van der Waals surface area contributed by atoms with E-state index in [0.29, 0.717) is 47.4 Å². The predicted molar refractivity (Wildman–Crippen MR) is 253 cm³/mol. The summed E-state index contributed by atoms with van der Waals surface area (Å²) in [6, 6.07) is 31.0. The largest absolute Gasteiger partial charge is 0.489 e. The lowest BCUT2D eigenvalue weighted by Crippen LogP contribution is -2.57. The second-order valence-electron chi connectivity index (χ2n) is 17.9. The van der Waals surface area contributed by atoms with Crippen LogP contribution in [-0.2, 0) is 27.2 Å². The molecule has 2 aromatic heterocycles. The standard InChI is InChI=1S/C51H56N10O7/c1-31(2)35(27-60(39-29-67-41-23-15-13-21-37(41)58(5)48(39)63)50(65)46-52-43(54-56-46)25-33-17-9-7-10-18-33)45(62)36(32(3)4)28-61(40-30-68-42-24-16-14-22-38(42)59(6)49(40)64)51(66)47-53-44(55-57-47)26-34-19-11-8-12-20-34/h7-24,31-32,35-36,39-40H,25-30H2,1-6H3,(H,52,54,56)(H,53,55,57)/t35-,36-,39?,40?/m1/s1. The molecule has 2 aliphatic rings. The number of benzene rings is 4. The van der Waals surface area contributed by atoms with Crippen molar-refractivity contribution in [3.8, 4) is 11.5 Å². The fraction of sp³-hybridized carbons (Fsp3) is 0.353. The molecule has 0 bridgehead atoms. The van der Waals surface area contributed by atoms with Gasteiger partial charge in [0, 0.05) is 51.9 Å². The average molecular weight is 921 g/mol. The molecule has 4 amide bonds. The Morgan fingerprint density at radius 1 is 0.588 bits per heavy atom. The molecule has 2 aliphatic heterocycles. The number of amides is 4. The number of likely N-dealkylation sites (N-methyl/N-ethyl adjacent to an activating group) is 2. The number of rotatable bonds is 16. The summed E-state index contributed by atoms with van der Waals surface area (Å²) in [6.07, 6.45) is 0.753. The molecule has 68 heavy (non-hydrogen) atoms. The fourth-order valence-corrected chi connectivity index (χ4v) is 8.76. The van der Waals surface area contributed by atoms with Gasteiger partial charge in [-0.2, -0.15) is 0 Å². The SMILES string of the molecule is CC(C)[C@@H](CN(C(=O)c1n[nH]c(Cc2ccccc2)n1)C1COc2ccccc2N(C)C1=O)C(=O)[C@H](CN(C(=O)c1n[nH]c(Cc2ccccc2)n1)C1COc2ccccc2N(C)C1=O)C(C)C. The molecule has 0 saturated heterocycles. The van der Waals surface area contributed by atoms with Crippen LogP contribution in [0.25, 0.3) is 0 Å². The van der Waals surface area contributed by atoms with E-state index in [1.165, 1.54) is 19.6 Å². The van der Waals surface area contributed by atoms with Crippen LogP contribution in [0, 0.1) is 23.7 Å². The average Bonchev–Trinajstić information content (AvgIpc) is 3.97. The number of hydrogen-bond acceptors (Lipinski definition) is 11. The number of carbonyl (C=O) groups is 5. The van der Waals surface area contributed by atoms with Crippen molar-refractivity contribution in [2.24, 2.45) is 23.7 Å². The zero-order valence-corrected chi connectivity index (χ0v) is 39.0.